The van der Waals surface area contributed by atoms with E-state index in [1.165, 1.54) is 17.8 Å². The molecule has 0 radical (unpaired) electrons. The zero-order chi connectivity index (χ0) is 12.5. The van der Waals surface area contributed by atoms with Crippen molar-refractivity contribution in [2.75, 3.05) is 5.75 Å². The van der Waals surface area contributed by atoms with Crippen LogP contribution < -0.4 is 0 Å². The number of hydrogen-bond acceptors (Lipinski definition) is 2. The molecule has 1 rings (SSSR count). The first-order valence-electron chi connectivity index (χ1n) is 5.79. The summed E-state index contributed by atoms with van der Waals surface area (Å²) in [5, 5.41) is 8.45. The van der Waals surface area contributed by atoms with Gasteiger partial charge in [-0.1, -0.05) is 25.0 Å². The fourth-order valence-corrected chi connectivity index (χ4v) is 2.42. The third kappa shape index (κ3) is 6.31. The van der Waals surface area contributed by atoms with Crippen LogP contribution in [0.15, 0.2) is 29.2 Å². The molecule has 2 nitrogen and oxygen atoms in total. The summed E-state index contributed by atoms with van der Waals surface area (Å²) in [5.41, 5.74) is 0. The van der Waals surface area contributed by atoms with E-state index in [1.54, 1.807) is 12.1 Å². The molecule has 1 N–H and O–H groups in total. The van der Waals surface area contributed by atoms with Crippen molar-refractivity contribution in [2.24, 2.45) is 0 Å². The van der Waals surface area contributed by atoms with E-state index in [9.17, 15) is 9.18 Å². The number of aliphatic carboxylic acids is 1. The average molecular weight is 256 g/mol. The van der Waals surface area contributed by atoms with Gasteiger partial charge in [0.1, 0.15) is 5.82 Å². The average Bonchev–Trinajstić information content (AvgIpc) is 2.30. The smallest absolute Gasteiger partial charge is 0.303 e. The summed E-state index contributed by atoms with van der Waals surface area (Å²) in [5.74, 6) is -0.0114. The van der Waals surface area contributed by atoms with E-state index in [0.29, 0.717) is 4.90 Å². The molecule has 0 aromatic heterocycles. The van der Waals surface area contributed by atoms with Crippen LogP contribution in [-0.4, -0.2) is 16.8 Å². The summed E-state index contributed by atoms with van der Waals surface area (Å²) in [6.07, 6.45) is 3.93. The van der Waals surface area contributed by atoms with Crippen LogP contribution in [0.1, 0.15) is 32.1 Å². The second kappa shape index (κ2) is 8.12. The number of benzene rings is 1. The minimum atomic E-state index is -0.731. The Morgan fingerprint density at radius 1 is 1.18 bits per heavy atom. The van der Waals surface area contributed by atoms with Gasteiger partial charge in [-0.05, 0) is 30.7 Å². The molecule has 17 heavy (non-hydrogen) atoms. The molecule has 1 aromatic rings. The zero-order valence-corrected chi connectivity index (χ0v) is 10.5. The van der Waals surface area contributed by atoms with Gasteiger partial charge in [0.05, 0.1) is 0 Å². The fraction of sp³-hybridized carbons (Fsp3) is 0.462. The number of carbonyl (C=O) groups is 1. The van der Waals surface area contributed by atoms with E-state index in [0.717, 1.165) is 31.4 Å². The molecule has 0 unspecified atom stereocenters. The van der Waals surface area contributed by atoms with Crippen molar-refractivity contribution in [1.82, 2.24) is 0 Å². The van der Waals surface area contributed by atoms with E-state index < -0.39 is 5.97 Å². The van der Waals surface area contributed by atoms with Gasteiger partial charge in [0.2, 0.25) is 0 Å². The van der Waals surface area contributed by atoms with E-state index in [4.69, 9.17) is 5.11 Å². The van der Waals surface area contributed by atoms with Gasteiger partial charge in [-0.3, -0.25) is 4.79 Å². The molecule has 0 aliphatic carbocycles. The van der Waals surface area contributed by atoms with Gasteiger partial charge in [0.25, 0.3) is 0 Å². The highest BCUT2D eigenvalue weighted by molar-refractivity contribution is 7.99. The summed E-state index contributed by atoms with van der Waals surface area (Å²) in [4.78, 5) is 11.0. The highest BCUT2D eigenvalue weighted by Crippen LogP contribution is 2.22. The molecule has 0 saturated heterocycles. The highest BCUT2D eigenvalue weighted by Gasteiger charge is 2.01. The molecule has 0 bridgehead atoms. The molecule has 0 atom stereocenters. The zero-order valence-electron chi connectivity index (χ0n) is 9.69. The van der Waals surface area contributed by atoms with Crippen molar-refractivity contribution in [2.45, 2.75) is 37.0 Å². The predicted octanol–water partition coefficient (Wildman–Crippen LogP) is 3.95. The summed E-state index contributed by atoms with van der Waals surface area (Å²) in [6, 6.07) is 6.77. The molecule has 1 aromatic carbocycles. The molecule has 94 valence electrons. The quantitative estimate of drug-likeness (QED) is 0.565. The molecule has 0 spiro atoms. The minimum Gasteiger partial charge on any atom is -0.481 e. The van der Waals surface area contributed by atoms with Crippen molar-refractivity contribution < 1.29 is 14.3 Å². The molecule has 0 heterocycles. The number of thioether (sulfide) groups is 1. The lowest BCUT2D eigenvalue weighted by molar-refractivity contribution is -0.137. The van der Waals surface area contributed by atoms with Crippen molar-refractivity contribution >= 4 is 17.7 Å². The van der Waals surface area contributed by atoms with Crippen molar-refractivity contribution in [1.29, 1.82) is 0 Å². The lowest BCUT2D eigenvalue weighted by Crippen LogP contribution is -1.93. The first kappa shape index (κ1) is 14.0. The Bertz CT molecular complexity index is 355. The van der Waals surface area contributed by atoms with Crippen LogP contribution >= 0.6 is 11.8 Å². The molecule has 0 saturated carbocycles. The van der Waals surface area contributed by atoms with Gasteiger partial charge in [-0.15, -0.1) is 11.8 Å². The Hall–Kier alpha value is -1.03. The first-order valence-corrected chi connectivity index (χ1v) is 6.78. The Morgan fingerprint density at radius 2 is 1.88 bits per heavy atom. The number of hydrogen-bond donors (Lipinski definition) is 1. The standard InChI is InChI=1S/C13H17FO2S/c14-11-7-4-5-8-12(11)17-10-6-2-1-3-9-13(15)16/h4-5,7-8H,1-3,6,9-10H2,(H,15,16). The molecule has 4 heteroatoms. The van der Waals surface area contributed by atoms with Crippen LogP contribution in [0.3, 0.4) is 0 Å². The highest BCUT2D eigenvalue weighted by atomic mass is 32.2. The predicted molar refractivity (Wildman–Crippen MR) is 67.8 cm³/mol. The maximum Gasteiger partial charge on any atom is 0.303 e. The van der Waals surface area contributed by atoms with Crippen LogP contribution in [0, 0.1) is 5.82 Å². The summed E-state index contributed by atoms with van der Waals surface area (Å²) in [7, 11) is 0. The van der Waals surface area contributed by atoms with E-state index in [-0.39, 0.29) is 12.2 Å². The lowest BCUT2D eigenvalue weighted by atomic mass is 10.2. The first-order chi connectivity index (χ1) is 8.20. The van der Waals surface area contributed by atoms with Gasteiger partial charge in [-0.25, -0.2) is 4.39 Å². The van der Waals surface area contributed by atoms with Crippen LogP contribution in [0.25, 0.3) is 0 Å². The Labute approximate surface area is 105 Å². The molecule has 0 aliphatic heterocycles. The fourth-order valence-electron chi connectivity index (χ4n) is 1.48. The molecular formula is C13H17FO2S. The summed E-state index contributed by atoms with van der Waals surface area (Å²) in [6.45, 7) is 0. The maximum atomic E-state index is 13.2. The van der Waals surface area contributed by atoms with Gasteiger partial charge < -0.3 is 5.11 Å². The number of halogens is 1. The third-order valence-electron chi connectivity index (χ3n) is 2.38. The molecule has 0 aliphatic rings. The van der Waals surface area contributed by atoms with Crippen LogP contribution in [0.2, 0.25) is 0 Å². The Morgan fingerprint density at radius 3 is 2.59 bits per heavy atom. The summed E-state index contributed by atoms with van der Waals surface area (Å²) < 4.78 is 13.2. The van der Waals surface area contributed by atoms with Crippen molar-refractivity contribution in [3.63, 3.8) is 0 Å². The van der Waals surface area contributed by atoms with E-state index in [2.05, 4.69) is 0 Å². The molecule has 0 amide bonds. The van der Waals surface area contributed by atoms with Gasteiger partial charge in [-0.2, -0.15) is 0 Å². The van der Waals surface area contributed by atoms with Crippen molar-refractivity contribution in [3.8, 4) is 0 Å². The molecule has 0 fully saturated rings. The SMILES string of the molecule is O=C(O)CCCCCCSc1ccccc1F. The summed E-state index contributed by atoms with van der Waals surface area (Å²) >= 11 is 1.52. The third-order valence-corrected chi connectivity index (χ3v) is 3.51. The Kier molecular flexibility index (Phi) is 6.70. The number of rotatable bonds is 8. The second-order valence-corrected chi connectivity index (χ2v) is 4.97. The number of unbranched alkanes of at least 4 members (excludes halogenated alkanes) is 3. The Balaban J connectivity index is 2.05. The van der Waals surface area contributed by atoms with Crippen LogP contribution in [0.5, 0.6) is 0 Å². The van der Waals surface area contributed by atoms with Crippen LogP contribution in [0.4, 0.5) is 4.39 Å². The van der Waals surface area contributed by atoms with Crippen LogP contribution in [-0.2, 0) is 4.79 Å². The maximum absolute atomic E-state index is 13.2. The number of carboxylic acid groups (broad SMARTS) is 1. The minimum absolute atomic E-state index is 0.164. The second-order valence-electron chi connectivity index (χ2n) is 3.84. The monoisotopic (exact) mass is 256 g/mol. The van der Waals surface area contributed by atoms with Crippen molar-refractivity contribution in [3.05, 3.63) is 30.1 Å². The lowest BCUT2D eigenvalue weighted by Gasteiger charge is -2.02. The topological polar surface area (TPSA) is 37.3 Å². The number of carboxylic acids is 1. The van der Waals surface area contributed by atoms with E-state index in [1.807, 2.05) is 6.07 Å². The van der Waals surface area contributed by atoms with Gasteiger partial charge >= 0.3 is 5.97 Å². The van der Waals surface area contributed by atoms with Gasteiger partial charge in [0, 0.05) is 11.3 Å². The molecular weight excluding hydrogens is 239 g/mol. The normalized spacial score (nSPS) is 10.4. The van der Waals surface area contributed by atoms with Gasteiger partial charge in [0.15, 0.2) is 0 Å². The largest absolute Gasteiger partial charge is 0.481 e. The van der Waals surface area contributed by atoms with E-state index >= 15 is 0 Å².